The summed E-state index contributed by atoms with van der Waals surface area (Å²) in [5, 5.41) is 3.52. The molecule has 1 heterocycles. The number of nitrogens with zero attached hydrogens (tertiary/aromatic N) is 2. The minimum atomic E-state index is 0.521. The Bertz CT molecular complexity index is 528. The van der Waals surface area contributed by atoms with Gasteiger partial charge in [0.1, 0.15) is 5.82 Å². The Labute approximate surface area is 109 Å². The van der Waals surface area contributed by atoms with E-state index in [1.807, 2.05) is 6.92 Å². The fraction of sp³-hybridized carbons (Fsp3) is 0.533. The Hall–Kier alpha value is -1.35. The monoisotopic (exact) mass is 245 g/mol. The number of fused-ring (bicyclic) bond motifs is 1. The molecule has 0 amide bonds. The summed E-state index contributed by atoms with van der Waals surface area (Å²) in [5.41, 5.74) is 3.68. The number of rotatable bonds is 5. The molecule has 0 radical (unpaired) electrons. The number of imidazole rings is 1. The van der Waals surface area contributed by atoms with Gasteiger partial charge in [-0.25, -0.2) is 4.98 Å². The zero-order valence-corrected chi connectivity index (χ0v) is 11.8. The standard InChI is InChI=1S/C15H23N3/c1-5-8-16-11(2)9-13-6-7-15-14(10-13)17-12(3)18(15)4/h6-7,10-11,16H,5,8-9H2,1-4H3. The van der Waals surface area contributed by atoms with Gasteiger partial charge in [0.15, 0.2) is 0 Å². The van der Waals surface area contributed by atoms with Crippen molar-refractivity contribution in [3.8, 4) is 0 Å². The summed E-state index contributed by atoms with van der Waals surface area (Å²) in [6.07, 6.45) is 2.24. The fourth-order valence-corrected chi connectivity index (χ4v) is 2.31. The third-order valence-electron chi connectivity index (χ3n) is 3.45. The van der Waals surface area contributed by atoms with Crippen LogP contribution in [0, 0.1) is 6.92 Å². The van der Waals surface area contributed by atoms with Crippen LogP contribution in [0.25, 0.3) is 11.0 Å². The minimum absolute atomic E-state index is 0.521. The second-order valence-corrected chi connectivity index (χ2v) is 5.10. The maximum absolute atomic E-state index is 4.59. The zero-order valence-electron chi connectivity index (χ0n) is 11.8. The van der Waals surface area contributed by atoms with Crippen LogP contribution in [0.4, 0.5) is 0 Å². The lowest BCUT2D eigenvalue weighted by Crippen LogP contribution is -2.28. The first-order chi connectivity index (χ1) is 8.61. The SMILES string of the molecule is CCCNC(C)Cc1ccc2c(c1)nc(C)n2C. The van der Waals surface area contributed by atoms with Gasteiger partial charge in [-0.2, -0.15) is 0 Å². The molecule has 0 aliphatic carbocycles. The Morgan fingerprint density at radius 1 is 1.39 bits per heavy atom. The highest BCUT2D eigenvalue weighted by molar-refractivity contribution is 5.76. The zero-order chi connectivity index (χ0) is 13.1. The van der Waals surface area contributed by atoms with E-state index in [4.69, 9.17) is 0 Å². The van der Waals surface area contributed by atoms with E-state index in [0.717, 1.165) is 24.3 Å². The van der Waals surface area contributed by atoms with Gasteiger partial charge in [0, 0.05) is 13.1 Å². The van der Waals surface area contributed by atoms with Crippen molar-refractivity contribution in [1.29, 1.82) is 0 Å². The number of hydrogen-bond donors (Lipinski definition) is 1. The molecule has 2 aromatic rings. The molecule has 0 spiro atoms. The molecule has 0 aliphatic heterocycles. The molecule has 1 aromatic carbocycles. The molecule has 2 rings (SSSR count). The van der Waals surface area contributed by atoms with Crippen molar-refractivity contribution < 1.29 is 0 Å². The Morgan fingerprint density at radius 2 is 2.17 bits per heavy atom. The van der Waals surface area contributed by atoms with Gasteiger partial charge in [-0.3, -0.25) is 0 Å². The van der Waals surface area contributed by atoms with E-state index in [1.165, 1.54) is 17.5 Å². The molecule has 1 atom stereocenters. The van der Waals surface area contributed by atoms with E-state index in [-0.39, 0.29) is 0 Å². The van der Waals surface area contributed by atoms with Gasteiger partial charge >= 0.3 is 0 Å². The van der Waals surface area contributed by atoms with E-state index in [2.05, 4.69) is 54.0 Å². The molecular formula is C15H23N3. The van der Waals surface area contributed by atoms with Crippen LogP contribution >= 0.6 is 0 Å². The van der Waals surface area contributed by atoms with Crippen molar-refractivity contribution in [2.45, 2.75) is 39.7 Å². The third-order valence-corrected chi connectivity index (χ3v) is 3.45. The first-order valence-corrected chi connectivity index (χ1v) is 6.77. The second-order valence-electron chi connectivity index (χ2n) is 5.10. The first-order valence-electron chi connectivity index (χ1n) is 6.77. The Morgan fingerprint density at radius 3 is 2.89 bits per heavy atom. The molecule has 1 N–H and O–H groups in total. The molecule has 3 heteroatoms. The van der Waals surface area contributed by atoms with Gasteiger partial charge in [-0.05, 0) is 50.9 Å². The summed E-state index contributed by atoms with van der Waals surface area (Å²) >= 11 is 0. The summed E-state index contributed by atoms with van der Waals surface area (Å²) in [4.78, 5) is 4.59. The lowest BCUT2D eigenvalue weighted by molar-refractivity contribution is 0.544. The molecule has 0 saturated heterocycles. The van der Waals surface area contributed by atoms with Crippen molar-refractivity contribution in [3.05, 3.63) is 29.6 Å². The van der Waals surface area contributed by atoms with Crippen LogP contribution in [0.3, 0.4) is 0 Å². The van der Waals surface area contributed by atoms with E-state index in [0.29, 0.717) is 6.04 Å². The molecular weight excluding hydrogens is 222 g/mol. The molecule has 1 aromatic heterocycles. The highest BCUT2D eigenvalue weighted by atomic mass is 15.0. The topological polar surface area (TPSA) is 29.9 Å². The fourth-order valence-electron chi connectivity index (χ4n) is 2.31. The van der Waals surface area contributed by atoms with Gasteiger partial charge in [-0.15, -0.1) is 0 Å². The van der Waals surface area contributed by atoms with Gasteiger partial charge in [-0.1, -0.05) is 13.0 Å². The summed E-state index contributed by atoms with van der Waals surface area (Å²) in [6, 6.07) is 7.13. The van der Waals surface area contributed by atoms with Crippen LogP contribution < -0.4 is 5.32 Å². The molecule has 98 valence electrons. The number of aromatic nitrogens is 2. The smallest absolute Gasteiger partial charge is 0.106 e. The lowest BCUT2D eigenvalue weighted by Gasteiger charge is -2.13. The molecule has 0 fully saturated rings. The van der Waals surface area contributed by atoms with E-state index < -0.39 is 0 Å². The van der Waals surface area contributed by atoms with Crippen LogP contribution in [0.15, 0.2) is 18.2 Å². The van der Waals surface area contributed by atoms with Crippen molar-refractivity contribution in [3.63, 3.8) is 0 Å². The van der Waals surface area contributed by atoms with Crippen LogP contribution in [0.1, 0.15) is 31.7 Å². The molecule has 0 saturated carbocycles. The average Bonchev–Trinajstić information content (AvgIpc) is 2.62. The van der Waals surface area contributed by atoms with Gasteiger partial charge in [0.25, 0.3) is 0 Å². The summed E-state index contributed by atoms with van der Waals surface area (Å²) < 4.78 is 2.14. The second kappa shape index (κ2) is 5.53. The first kappa shape index (κ1) is 13.1. The normalized spacial score (nSPS) is 13.1. The van der Waals surface area contributed by atoms with Crippen molar-refractivity contribution in [1.82, 2.24) is 14.9 Å². The average molecular weight is 245 g/mol. The number of aryl methyl sites for hydroxylation is 2. The Balaban J connectivity index is 2.15. The van der Waals surface area contributed by atoms with Crippen LogP contribution in [-0.4, -0.2) is 22.1 Å². The molecule has 18 heavy (non-hydrogen) atoms. The quantitative estimate of drug-likeness (QED) is 0.878. The Kier molecular flexibility index (Phi) is 4.02. The van der Waals surface area contributed by atoms with Crippen molar-refractivity contribution >= 4 is 11.0 Å². The molecule has 0 aliphatic rings. The maximum atomic E-state index is 4.59. The lowest BCUT2D eigenvalue weighted by atomic mass is 10.1. The van der Waals surface area contributed by atoms with Crippen LogP contribution in [0.2, 0.25) is 0 Å². The maximum Gasteiger partial charge on any atom is 0.106 e. The highest BCUT2D eigenvalue weighted by Crippen LogP contribution is 2.17. The molecule has 3 nitrogen and oxygen atoms in total. The summed E-state index contributed by atoms with van der Waals surface area (Å²) in [5.74, 6) is 1.07. The minimum Gasteiger partial charge on any atom is -0.331 e. The van der Waals surface area contributed by atoms with Gasteiger partial charge < -0.3 is 9.88 Å². The number of nitrogens with one attached hydrogen (secondary N) is 1. The molecule has 0 bridgehead atoms. The van der Waals surface area contributed by atoms with E-state index in [1.54, 1.807) is 0 Å². The third kappa shape index (κ3) is 2.72. The van der Waals surface area contributed by atoms with Gasteiger partial charge in [0.05, 0.1) is 11.0 Å². The number of hydrogen-bond acceptors (Lipinski definition) is 2. The predicted molar refractivity (Wildman–Crippen MR) is 76.9 cm³/mol. The highest BCUT2D eigenvalue weighted by Gasteiger charge is 2.07. The van der Waals surface area contributed by atoms with Crippen LogP contribution in [0.5, 0.6) is 0 Å². The largest absolute Gasteiger partial charge is 0.331 e. The van der Waals surface area contributed by atoms with Crippen LogP contribution in [-0.2, 0) is 13.5 Å². The molecule has 1 unspecified atom stereocenters. The summed E-state index contributed by atoms with van der Waals surface area (Å²) in [6.45, 7) is 7.57. The van der Waals surface area contributed by atoms with Crippen molar-refractivity contribution in [2.75, 3.05) is 6.54 Å². The number of benzene rings is 1. The van der Waals surface area contributed by atoms with Gasteiger partial charge in [0.2, 0.25) is 0 Å². The van der Waals surface area contributed by atoms with Crippen molar-refractivity contribution in [2.24, 2.45) is 7.05 Å². The van der Waals surface area contributed by atoms with E-state index >= 15 is 0 Å². The predicted octanol–water partition coefficient (Wildman–Crippen LogP) is 2.81. The van der Waals surface area contributed by atoms with E-state index in [9.17, 15) is 0 Å². The summed E-state index contributed by atoms with van der Waals surface area (Å²) in [7, 11) is 2.07.